The molecular weight excluding hydrogens is 360 g/mol. The fraction of sp³-hybridized carbons (Fsp3) is 0.476. The van der Waals surface area contributed by atoms with E-state index < -0.39 is 0 Å². The Bertz CT molecular complexity index is 870. The highest BCUT2D eigenvalue weighted by atomic mass is 32.1. The first kappa shape index (κ1) is 18.2. The molecule has 0 spiro atoms. The molecule has 0 radical (unpaired) electrons. The van der Waals surface area contributed by atoms with Crippen LogP contribution in [0.1, 0.15) is 76.6 Å². The van der Waals surface area contributed by atoms with Crippen LogP contribution in [0.4, 0.5) is 0 Å². The predicted molar refractivity (Wildman–Crippen MR) is 104 cm³/mol. The van der Waals surface area contributed by atoms with Gasteiger partial charge in [0, 0.05) is 30.0 Å². The van der Waals surface area contributed by atoms with E-state index >= 15 is 0 Å². The Morgan fingerprint density at radius 1 is 1.37 bits per heavy atom. The molecule has 1 aliphatic heterocycles. The van der Waals surface area contributed by atoms with Crippen LogP contribution in [0.25, 0.3) is 0 Å². The minimum Gasteiger partial charge on any atom is -0.507 e. The van der Waals surface area contributed by atoms with E-state index in [1.165, 1.54) is 25.7 Å². The maximum Gasteiger partial charge on any atom is 0.232 e. The minimum atomic E-state index is -0.255. The van der Waals surface area contributed by atoms with Gasteiger partial charge in [-0.05, 0) is 37.8 Å². The molecular formula is C21H24N2O3S. The van der Waals surface area contributed by atoms with Crippen LogP contribution in [0.15, 0.2) is 17.5 Å². The number of fused-ring (bicyclic) bond motifs is 1. The zero-order chi connectivity index (χ0) is 19.0. The van der Waals surface area contributed by atoms with Gasteiger partial charge >= 0.3 is 0 Å². The largest absolute Gasteiger partial charge is 0.507 e. The lowest BCUT2D eigenvalue weighted by Gasteiger charge is -2.31. The van der Waals surface area contributed by atoms with Crippen molar-refractivity contribution in [1.82, 2.24) is 9.88 Å². The van der Waals surface area contributed by atoms with Crippen LogP contribution in [0, 0.1) is 0 Å². The summed E-state index contributed by atoms with van der Waals surface area (Å²) >= 11 is 1.59. The number of hydrogen-bond acceptors (Lipinski definition) is 5. The van der Waals surface area contributed by atoms with Gasteiger partial charge in [0.1, 0.15) is 10.8 Å². The van der Waals surface area contributed by atoms with E-state index in [4.69, 9.17) is 4.98 Å². The second-order valence-electron chi connectivity index (χ2n) is 7.58. The average Bonchev–Trinajstić information content (AvgIpc) is 3.38. The summed E-state index contributed by atoms with van der Waals surface area (Å²) in [5.74, 6) is 0.444. The number of hydrogen-bond donors (Lipinski definition) is 1. The summed E-state index contributed by atoms with van der Waals surface area (Å²) in [6, 6.07) is 3.46. The Hall–Kier alpha value is -2.21. The number of carbonyl (C=O) groups excluding carboxylic acids is 2. The fourth-order valence-corrected chi connectivity index (χ4v) is 5.18. The molecule has 2 heterocycles. The first-order valence-corrected chi connectivity index (χ1v) is 10.5. The zero-order valence-corrected chi connectivity index (χ0v) is 16.3. The molecule has 0 bridgehead atoms. The normalized spacial score (nSPS) is 18.3. The number of aromatic nitrogens is 1. The lowest BCUT2D eigenvalue weighted by Crippen LogP contribution is -2.38. The molecule has 2 aromatic rings. The number of amides is 1. The molecule has 1 N–H and O–H groups in total. The van der Waals surface area contributed by atoms with Crippen molar-refractivity contribution >= 4 is 23.5 Å². The molecule has 1 amide bonds. The Morgan fingerprint density at radius 2 is 2.15 bits per heavy atom. The Kier molecular flexibility index (Phi) is 5.00. The molecule has 1 saturated carbocycles. The summed E-state index contributed by atoms with van der Waals surface area (Å²) in [6.07, 6.45) is 6.20. The number of aromatic hydroxyl groups is 1. The molecule has 0 saturated heterocycles. The van der Waals surface area contributed by atoms with E-state index in [1.807, 2.05) is 17.9 Å². The molecule has 6 heteroatoms. The second-order valence-corrected chi connectivity index (χ2v) is 8.47. The topological polar surface area (TPSA) is 70.5 Å². The Morgan fingerprint density at radius 3 is 2.89 bits per heavy atom. The summed E-state index contributed by atoms with van der Waals surface area (Å²) in [5, 5.41) is 13.2. The van der Waals surface area contributed by atoms with Crippen LogP contribution < -0.4 is 0 Å². The Balaban J connectivity index is 1.48. The Labute approximate surface area is 163 Å². The van der Waals surface area contributed by atoms with Crippen LogP contribution in [0.2, 0.25) is 0 Å². The predicted octanol–water partition coefficient (Wildman–Crippen LogP) is 4.01. The third kappa shape index (κ3) is 3.38. The highest BCUT2D eigenvalue weighted by molar-refractivity contribution is 7.09. The van der Waals surface area contributed by atoms with Gasteiger partial charge in [0.25, 0.3) is 0 Å². The second kappa shape index (κ2) is 7.43. The van der Waals surface area contributed by atoms with Crippen molar-refractivity contribution < 1.29 is 14.7 Å². The number of phenols is 1. The van der Waals surface area contributed by atoms with Gasteiger partial charge in [0.05, 0.1) is 17.2 Å². The van der Waals surface area contributed by atoms with Crippen molar-refractivity contribution in [1.29, 1.82) is 0 Å². The van der Waals surface area contributed by atoms with Crippen molar-refractivity contribution in [3.8, 4) is 5.75 Å². The molecule has 2 aliphatic rings. The van der Waals surface area contributed by atoms with E-state index in [2.05, 4.69) is 5.38 Å². The molecule has 27 heavy (non-hydrogen) atoms. The van der Waals surface area contributed by atoms with E-state index in [1.54, 1.807) is 17.4 Å². The molecule has 1 aromatic heterocycles. The monoisotopic (exact) mass is 384 g/mol. The third-order valence-corrected chi connectivity index (χ3v) is 6.94. The van der Waals surface area contributed by atoms with Gasteiger partial charge < -0.3 is 10.0 Å². The molecule has 1 unspecified atom stereocenters. The molecule has 1 aromatic carbocycles. The molecule has 4 rings (SSSR count). The van der Waals surface area contributed by atoms with Crippen LogP contribution >= 0.6 is 11.3 Å². The lowest BCUT2D eigenvalue weighted by molar-refractivity contribution is -0.133. The van der Waals surface area contributed by atoms with Crippen molar-refractivity contribution in [2.45, 2.75) is 57.4 Å². The van der Waals surface area contributed by atoms with Crippen LogP contribution in [0.5, 0.6) is 5.75 Å². The van der Waals surface area contributed by atoms with Gasteiger partial charge in [-0.15, -0.1) is 11.3 Å². The number of phenolic OH excluding ortho intramolecular Hbond substituents is 1. The SMILES string of the molecule is CC(C(=O)N1CCc2c(ccc(C=O)c2O)C1)c1nc(C2CCCC2)cs1. The van der Waals surface area contributed by atoms with E-state index in [0.29, 0.717) is 37.3 Å². The molecule has 5 nitrogen and oxygen atoms in total. The van der Waals surface area contributed by atoms with Crippen molar-refractivity contribution in [3.63, 3.8) is 0 Å². The van der Waals surface area contributed by atoms with E-state index in [-0.39, 0.29) is 17.6 Å². The number of benzene rings is 1. The molecule has 1 atom stereocenters. The smallest absolute Gasteiger partial charge is 0.232 e. The van der Waals surface area contributed by atoms with Gasteiger partial charge in [0.15, 0.2) is 6.29 Å². The number of carbonyl (C=O) groups is 2. The molecule has 142 valence electrons. The number of thiazole rings is 1. The summed E-state index contributed by atoms with van der Waals surface area (Å²) in [7, 11) is 0. The van der Waals surface area contributed by atoms with E-state index in [9.17, 15) is 14.7 Å². The van der Waals surface area contributed by atoms with Gasteiger partial charge in [-0.25, -0.2) is 4.98 Å². The quantitative estimate of drug-likeness (QED) is 0.809. The van der Waals surface area contributed by atoms with E-state index in [0.717, 1.165) is 21.8 Å². The standard InChI is InChI=1S/C21H24N2O3S/c1-13(20-22-18(12-27-20)14-4-2-3-5-14)21(26)23-9-8-17-15(10-23)6-7-16(11-24)19(17)25/h6-7,11-14,25H,2-5,8-10H2,1H3. The fourth-order valence-electron chi connectivity index (χ4n) is 4.23. The van der Waals surface area contributed by atoms with Crippen LogP contribution in [-0.2, 0) is 17.8 Å². The minimum absolute atomic E-state index is 0.0591. The number of aldehydes is 1. The maximum atomic E-state index is 13.0. The maximum absolute atomic E-state index is 13.0. The van der Waals surface area contributed by atoms with Gasteiger partial charge in [0.2, 0.25) is 5.91 Å². The zero-order valence-electron chi connectivity index (χ0n) is 15.5. The average molecular weight is 385 g/mol. The lowest BCUT2D eigenvalue weighted by atomic mass is 9.95. The number of rotatable bonds is 4. The van der Waals surface area contributed by atoms with Gasteiger partial charge in [-0.1, -0.05) is 18.9 Å². The summed E-state index contributed by atoms with van der Waals surface area (Å²) in [6.45, 7) is 2.95. The summed E-state index contributed by atoms with van der Waals surface area (Å²) in [4.78, 5) is 30.6. The molecule has 1 aliphatic carbocycles. The van der Waals surface area contributed by atoms with Crippen molar-refractivity contribution in [2.75, 3.05) is 6.54 Å². The highest BCUT2D eigenvalue weighted by Crippen LogP contribution is 2.36. The van der Waals surface area contributed by atoms with Gasteiger partial charge in [-0.2, -0.15) is 0 Å². The summed E-state index contributed by atoms with van der Waals surface area (Å²) in [5.41, 5.74) is 3.16. The first-order valence-electron chi connectivity index (χ1n) is 9.61. The van der Waals surface area contributed by atoms with Crippen LogP contribution in [-0.4, -0.2) is 33.7 Å². The molecule has 1 fully saturated rings. The highest BCUT2D eigenvalue weighted by Gasteiger charge is 2.29. The van der Waals surface area contributed by atoms with Gasteiger partial charge in [-0.3, -0.25) is 9.59 Å². The van der Waals surface area contributed by atoms with Crippen LogP contribution in [0.3, 0.4) is 0 Å². The number of nitrogens with zero attached hydrogens (tertiary/aromatic N) is 2. The first-order chi connectivity index (χ1) is 13.1. The van der Waals surface area contributed by atoms with Crippen molar-refractivity contribution in [3.05, 3.63) is 44.9 Å². The summed E-state index contributed by atoms with van der Waals surface area (Å²) < 4.78 is 0. The van der Waals surface area contributed by atoms with Crippen molar-refractivity contribution in [2.24, 2.45) is 0 Å². The third-order valence-electron chi connectivity index (χ3n) is 5.90.